The molecule has 0 radical (unpaired) electrons. The van der Waals surface area contributed by atoms with Gasteiger partial charge < -0.3 is 10.1 Å². The molecule has 2 unspecified atom stereocenters. The molecule has 1 heterocycles. The first-order chi connectivity index (χ1) is 9.33. The van der Waals surface area contributed by atoms with Gasteiger partial charge in [-0.2, -0.15) is 0 Å². The number of rotatable bonds is 5. The lowest BCUT2D eigenvalue weighted by atomic mass is 9.99. The third-order valence-corrected chi connectivity index (χ3v) is 4.20. The Bertz CT molecular complexity index is 396. The second kappa shape index (κ2) is 6.02. The molecule has 19 heavy (non-hydrogen) atoms. The van der Waals surface area contributed by atoms with Gasteiger partial charge in [0.1, 0.15) is 5.82 Å². The first-order valence-electron chi connectivity index (χ1n) is 7.39. The summed E-state index contributed by atoms with van der Waals surface area (Å²) >= 11 is 0. The number of hydrogen-bond acceptors (Lipinski definition) is 2. The van der Waals surface area contributed by atoms with Crippen LogP contribution in [-0.2, 0) is 4.74 Å². The Morgan fingerprint density at radius 1 is 1.21 bits per heavy atom. The fraction of sp³-hybridized carbons (Fsp3) is 0.625. The van der Waals surface area contributed by atoms with Gasteiger partial charge in [-0.3, -0.25) is 0 Å². The van der Waals surface area contributed by atoms with Crippen molar-refractivity contribution in [2.24, 2.45) is 11.8 Å². The van der Waals surface area contributed by atoms with Crippen LogP contribution in [0.4, 0.5) is 4.39 Å². The van der Waals surface area contributed by atoms with Gasteiger partial charge in [-0.1, -0.05) is 12.1 Å². The van der Waals surface area contributed by atoms with Crippen LogP contribution < -0.4 is 5.32 Å². The Labute approximate surface area is 114 Å². The molecule has 0 spiro atoms. The zero-order valence-corrected chi connectivity index (χ0v) is 11.3. The SMILES string of the molecule is Fc1ccc(C(NCC2CCCOC2)C2CC2)cc1. The molecule has 1 aromatic rings. The summed E-state index contributed by atoms with van der Waals surface area (Å²) in [6, 6.07) is 7.36. The van der Waals surface area contributed by atoms with Gasteiger partial charge >= 0.3 is 0 Å². The topological polar surface area (TPSA) is 21.3 Å². The van der Waals surface area contributed by atoms with E-state index in [1.54, 1.807) is 12.1 Å². The van der Waals surface area contributed by atoms with Gasteiger partial charge in [0.25, 0.3) is 0 Å². The molecule has 3 rings (SSSR count). The summed E-state index contributed by atoms with van der Waals surface area (Å²) in [6.07, 6.45) is 5.01. The molecule has 1 saturated heterocycles. The summed E-state index contributed by atoms with van der Waals surface area (Å²) in [6.45, 7) is 2.81. The van der Waals surface area contributed by atoms with Crippen LogP contribution >= 0.6 is 0 Å². The summed E-state index contributed by atoms with van der Waals surface area (Å²) in [5.41, 5.74) is 1.22. The Balaban J connectivity index is 1.59. The third kappa shape index (κ3) is 3.54. The minimum absolute atomic E-state index is 0.154. The molecule has 1 saturated carbocycles. The second-order valence-electron chi connectivity index (χ2n) is 5.86. The average Bonchev–Trinajstić information content (AvgIpc) is 3.27. The molecule has 1 aliphatic heterocycles. The normalized spacial score (nSPS) is 25.2. The number of halogens is 1. The molecule has 0 amide bonds. The fourth-order valence-corrected chi connectivity index (χ4v) is 2.92. The smallest absolute Gasteiger partial charge is 0.123 e. The maximum atomic E-state index is 13.0. The average molecular weight is 263 g/mol. The molecule has 0 aromatic heterocycles. The van der Waals surface area contributed by atoms with E-state index in [0.717, 1.165) is 25.7 Å². The third-order valence-electron chi connectivity index (χ3n) is 4.20. The first-order valence-corrected chi connectivity index (χ1v) is 7.39. The lowest BCUT2D eigenvalue weighted by Gasteiger charge is -2.26. The van der Waals surface area contributed by atoms with Gasteiger partial charge in [-0.05, 0) is 55.2 Å². The molecule has 0 bridgehead atoms. The first kappa shape index (κ1) is 13.1. The molecule has 2 fully saturated rings. The van der Waals surface area contributed by atoms with E-state index in [9.17, 15) is 4.39 Å². The molecular formula is C16H22FNO. The molecular weight excluding hydrogens is 241 g/mol. The van der Waals surface area contributed by atoms with Crippen molar-refractivity contribution >= 4 is 0 Å². The van der Waals surface area contributed by atoms with Crippen LogP contribution in [0, 0.1) is 17.7 Å². The lowest BCUT2D eigenvalue weighted by molar-refractivity contribution is 0.0535. The second-order valence-corrected chi connectivity index (χ2v) is 5.86. The molecule has 2 aliphatic rings. The monoisotopic (exact) mass is 263 g/mol. The Hall–Kier alpha value is -0.930. The van der Waals surface area contributed by atoms with E-state index in [1.165, 1.54) is 31.2 Å². The van der Waals surface area contributed by atoms with E-state index in [1.807, 2.05) is 12.1 Å². The fourth-order valence-electron chi connectivity index (χ4n) is 2.92. The molecule has 2 atom stereocenters. The predicted molar refractivity (Wildman–Crippen MR) is 73.4 cm³/mol. The summed E-state index contributed by atoms with van der Waals surface area (Å²) in [7, 11) is 0. The number of hydrogen-bond donors (Lipinski definition) is 1. The highest BCUT2D eigenvalue weighted by molar-refractivity contribution is 5.22. The molecule has 3 heteroatoms. The van der Waals surface area contributed by atoms with Crippen LogP contribution in [-0.4, -0.2) is 19.8 Å². The van der Waals surface area contributed by atoms with E-state index in [4.69, 9.17) is 4.74 Å². The van der Waals surface area contributed by atoms with Gasteiger partial charge in [0.15, 0.2) is 0 Å². The van der Waals surface area contributed by atoms with Gasteiger partial charge in [-0.15, -0.1) is 0 Å². The van der Waals surface area contributed by atoms with Gasteiger partial charge in [0, 0.05) is 19.2 Å². The minimum Gasteiger partial charge on any atom is -0.381 e. The number of nitrogens with one attached hydrogen (secondary N) is 1. The number of ether oxygens (including phenoxy) is 1. The van der Waals surface area contributed by atoms with Crippen LogP contribution in [0.3, 0.4) is 0 Å². The Morgan fingerprint density at radius 3 is 2.63 bits per heavy atom. The van der Waals surface area contributed by atoms with Crippen molar-refractivity contribution in [3.05, 3.63) is 35.6 Å². The quantitative estimate of drug-likeness (QED) is 0.880. The molecule has 1 aliphatic carbocycles. The molecule has 104 valence electrons. The van der Waals surface area contributed by atoms with E-state index in [0.29, 0.717) is 12.0 Å². The Morgan fingerprint density at radius 2 is 2.00 bits per heavy atom. The molecule has 2 nitrogen and oxygen atoms in total. The Kier molecular flexibility index (Phi) is 4.14. The van der Waals surface area contributed by atoms with Crippen LogP contribution in [0.2, 0.25) is 0 Å². The zero-order valence-electron chi connectivity index (χ0n) is 11.3. The van der Waals surface area contributed by atoms with Crippen molar-refractivity contribution in [1.29, 1.82) is 0 Å². The van der Waals surface area contributed by atoms with Gasteiger partial charge in [0.2, 0.25) is 0 Å². The maximum absolute atomic E-state index is 13.0. The maximum Gasteiger partial charge on any atom is 0.123 e. The van der Waals surface area contributed by atoms with Crippen LogP contribution in [0.25, 0.3) is 0 Å². The van der Waals surface area contributed by atoms with E-state index in [2.05, 4.69) is 5.32 Å². The van der Waals surface area contributed by atoms with E-state index < -0.39 is 0 Å². The lowest BCUT2D eigenvalue weighted by Crippen LogP contribution is -2.32. The predicted octanol–water partition coefficient (Wildman–Crippen LogP) is 3.29. The van der Waals surface area contributed by atoms with Gasteiger partial charge in [-0.25, -0.2) is 4.39 Å². The molecule has 1 N–H and O–H groups in total. The summed E-state index contributed by atoms with van der Waals surface area (Å²) < 4.78 is 18.5. The highest BCUT2D eigenvalue weighted by Crippen LogP contribution is 2.41. The van der Waals surface area contributed by atoms with Crippen LogP contribution in [0.1, 0.15) is 37.3 Å². The van der Waals surface area contributed by atoms with E-state index in [-0.39, 0.29) is 5.82 Å². The summed E-state index contributed by atoms with van der Waals surface area (Å²) in [5, 5.41) is 3.68. The van der Waals surface area contributed by atoms with Gasteiger partial charge in [0.05, 0.1) is 6.61 Å². The number of benzene rings is 1. The van der Waals surface area contributed by atoms with E-state index >= 15 is 0 Å². The van der Waals surface area contributed by atoms with Crippen LogP contribution in [0.5, 0.6) is 0 Å². The highest BCUT2D eigenvalue weighted by atomic mass is 19.1. The van der Waals surface area contributed by atoms with Crippen molar-refractivity contribution in [3.8, 4) is 0 Å². The standard InChI is InChI=1S/C16H22FNO/c17-15-7-5-14(6-8-15)16(13-3-4-13)18-10-12-2-1-9-19-11-12/h5-8,12-13,16,18H,1-4,9-11H2. The summed E-state index contributed by atoms with van der Waals surface area (Å²) in [4.78, 5) is 0. The van der Waals surface area contributed by atoms with Crippen molar-refractivity contribution in [2.75, 3.05) is 19.8 Å². The largest absolute Gasteiger partial charge is 0.381 e. The van der Waals surface area contributed by atoms with Crippen molar-refractivity contribution in [1.82, 2.24) is 5.32 Å². The minimum atomic E-state index is -0.154. The van der Waals surface area contributed by atoms with Crippen molar-refractivity contribution < 1.29 is 9.13 Å². The summed E-state index contributed by atoms with van der Waals surface area (Å²) in [5.74, 6) is 1.21. The molecule has 1 aromatic carbocycles. The van der Waals surface area contributed by atoms with Crippen molar-refractivity contribution in [3.63, 3.8) is 0 Å². The van der Waals surface area contributed by atoms with Crippen LogP contribution in [0.15, 0.2) is 24.3 Å². The highest BCUT2D eigenvalue weighted by Gasteiger charge is 2.32. The van der Waals surface area contributed by atoms with Crippen molar-refractivity contribution in [2.45, 2.75) is 31.7 Å². The zero-order chi connectivity index (χ0) is 13.1.